The lowest BCUT2D eigenvalue weighted by Gasteiger charge is -2.04. The van der Waals surface area contributed by atoms with Crippen LogP contribution in [0.1, 0.15) is 28.9 Å². The number of rotatable bonds is 1. The van der Waals surface area contributed by atoms with E-state index >= 15 is 0 Å². The van der Waals surface area contributed by atoms with E-state index in [1.807, 2.05) is 20.0 Å². The fraction of sp³-hybridized carbons (Fsp3) is 0.222. The van der Waals surface area contributed by atoms with Crippen LogP contribution in [0.2, 0.25) is 0 Å². The Morgan fingerprint density at radius 3 is 2.65 bits per heavy atom. The van der Waals surface area contributed by atoms with Crippen LogP contribution in [0.25, 0.3) is 17.7 Å². The molecular formula is C18H18N2. The maximum atomic E-state index is 4.65. The van der Waals surface area contributed by atoms with Gasteiger partial charge in [-0.05, 0) is 62.1 Å². The highest BCUT2D eigenvalue weighted by Crippen LogP contribution is 2.19. The Hall–Kier alpha value is -2.22. The predicted molar refractivity (Wildman–Crippen MR) is 83.5 cm³/mol. The number of fused-ring (bicyclic) bond motifs is 1. The number of allylic oxidation sites excluding steroid dienone is 2. The molecule has 2 aromatic rings. The van der Waals surface area contributed by atoms with Crippen molar-refractivity contribution in [2.75, 3.05) is 0 Å². The van der Waals surface area contributed by atoms with E-state index in [9.17, 15) is 0 Å². The van der Waals surface area contributed by atoms with Gasteiger partial charge in [-0.15, -0.1) is 0 Å². The predicted octanol–water partition coefficient (Wildman–Crippen LogP) is 2.45. The normalized spacial score (nSPS) is 13.7. The molecule has 0 fully saturated rings. The summed E-state index contributed by atoms with van der Waals surface area (Å²) in [5, 5.41) is 2.33. The molecule has 0 saturated carbocycles. The summed E-state index contributed by atoms with van der Waals surface area (Å²) in [5.41, 5.74) is 5.97. The van der Waals surface area contributed by atoms with Crippen LogP contribution in [-0.2, 0) is 0 Å². The molecule has 0 atom stereocenters. The van der Waals surface area contributed by atoms with E-state index in [1.165, 1.54) is 21.9 Å². The Morgan fingerprint density at radius 2 is 1.85 bits per heavy atom. The van der Waals surface area contributed by atoms with Crippen molar-refractivity contribution >= 4 is 17.7 Å². The molecule has 0 amide bonds. The molecule has 0 spiro atoms. The summed E-state index contributed by atoms with van der Waals surface area (Å²) in [6.07, 6.45) is 9.40. The molecule has 0 bridgehead atoms. The summed E-state index contributed by atoms with van der Waals surface area (Å²) in [4.78, 5) is 8.91. The van der Waals surface area contributed by atoms with Gasteiger partial charge in [-0.1, -0.05) is 18.2 Å². The molecule has 0 aromatic carbocycles. The third-order valence-corrected chi connectivity index (χ3v) is 3.66. The average molecular weight is 262 g/mol. The van der Waals surface area contributed by atoms with Crippen LogP contribution in [-0.4, -0.2) is 9.97 Å². The quantitative estimate of drug-likeness (QED) is 0.789. The molecule has 2 aromatic heterocycles. The Labute approximate surface area is 119 Å². The van der Waals surface area contributed by atoms with Crippen molar-refractivity contribution in [1.29, 1.82) is 0 Å². The molecule has 100 valence electrons. The van der Waals surface area contributed by atoms with Crippen LogP contribution < -0.4 is 10.6 Å². The van der Waals surface area contributed by atoms with Crippen LogP contribution in [0.3, 0.4) is 0 Å². The first kappa shape index (κ1) is 12.8. The van der Waals surface area contributed by atoms with Crippen molar-refractivity contribution in [3.05, 3.63) is 63.6 Å². The van der Waals surface area contributed by atoms with E-state index in [0.29, 0.717) is 0 Å². The van der Waals surface area contributed by atoms with Crippen molar-refractivity contribution in [2.24, 2.45) is 0 Å². The fourth-order valence-corrected chi connectivity index (χ4v) is 2.67. The summed E-state index contributed by atoms with van der Waals surface area (Å²) in [6, 6.07) is 6.34. The first-order valence-corrected chi connectivity index (χ1v) is 6.92. The molecule has 0 radical (unpaired) electrons. The Kier molecular flexibility index (Phi) is 3.23. The number of aryl methyl sites for hydroxylation is 3. The van der Waals surface area contributed by atoms with Gasteiger partial charge in [0.1, 0.15) is 0 Å². The minimum atomic E-state index is 0.906. The highest BCUT2D eigenvalue weighted by molar-refractivity contribution is 5.75. The van der Waals surface area contributed by atoms with Gasteiger partial charge in [0.15, 0.2) is 0 Å². The first-order valence-electron chi connectivity index (χ1n) is 6.92. The second kappa shape index (κ2) is 5.04. The van der Waals surface area contributed by atoms with E-state index < -0.39 is 0 Å². The zero-order chi connectivity index (χ0) is 14.1. The molecule has 20 heavy (non-hydrogen) atoms. The number of pyridine rings is 2. The number of hydrogen-bond donors (Lipinski definition) is 0. The van der Waals surface area contributed by atoms with E-state index in [1.54, 1.807) is 0 Å². The van der Waals surface area contributed by atoms with Crippen molar-refractivity contribution in [2.45, 2.75) is 27.2 Å². The molecule has 0 aliphatic heterocycles. The minimum absolute atomic E-state index is 0.906. The smallest absolute Gasteiger partial charge is 0.0671 e. The Bertz CT molecular complexity index is 814. The van der Waals surface area contributed by atoms with Gasteiger partial charge in [-0.3, -0.25) is 9.97 Å². The summed E-state index contributed by atoms with van der Waals surface area (Å²) < 4.78 is 0. The molecule has 0 N–H and O–H groups in total. The number of aromatic nitrogens is 2. The van der Waals surface area contributed by atoms with Crippen LogP contribution in [0.15, 0.2) is 30.5 Å². The molecule has 2 heteroatoms. The highest BCUT2D eigenvalue weighted by Gasteiger charge is 2.04. The SMILES string of the molecule is Cc1cc(C2=CC=c3c(C)cc(C)nc3=CC2)ccn1. The topological polar surface area (TPSA) is 25.8 Å². The summed E-state index contributed by atoms with van der Waals surface area (Å²) in [5.74, 6) is 0. The fourth-order valence-electron chi connectivity index (χ4n) is 2.67. The maximum Gasteiger partial charge on any atom is 0.0671 e. The minimum Gasteiger partial charge on any atom is -0.262 e. The molecule has 2 heterocycles. The van der Waals surface area contributed by atoms with Crippen LogP contribution in [0.5, 0.6) is 0 Å². The Balaban J connectivity index is 2.13. The lowest BCUT2D eigenvalue weighted by atomic mass is 10.0. The third-order valence-electron chi connectivity index (χ3n) is 3.66. The van der Waals surface area contributed by atoms with Gasteiger partial charge in [0, 0.05) is 22.8 Å². The van der Waals surface area contributed by atoms with Crippen molar-refractivity contribution in [1.82, 2.24) is 9.97 Å². The van der Waals surface area contributed by atoms with Gasteiger partial charge in [0.05, 0.1) is 5.35 Å². The summed E-state index contributed by atoms with van der Waals surface area (Å²) in [7, 11) is 0. The van der Waals surface area contributed by atoms with Gasteiger partial charge in [-0.25, -0.2) is 0 Å². The maximum absolute atomic E-state index is 4.65. The van der Waals surface area contributed by atoms with Gasteiger partial charge in [0.25, 0.3) is 0 Å². The van der Waals surface area contributed by atoms with Crippen molar-refractivity contribution < 1.29 is 0 Å². The van der Waals surface area contributed by atoms with Gasteiger partial charge < -0.3 is 0 Å². The Morgan fingerprint density at radius 1 is 1.00 bits per heavy atom. The van der Waals surface area contributed by atoms with Gasteiger partial charge in [0.2, 0.25) is 0 Å². The van der Waals surface area contributed by atoms with Crippen molar-refractivity contribution in [3.8, 4) is 0 Å². The van der Waals surface area contributed by atoms with Crippen LogP contribution in [0.4, 0.5) is 0 Å². The molecule has 0 unspecified atom stereocenters. The van der Waals surface area contributed by atoms with Crippen LogP contribution in [0, 0.1) is 20.8 Å². The molecule has 1 aliphatic rings. The van der Waals surface area contributed by atoms with E-state index in [-0.39, 0.29) is 0 Å². The third kappa shape index (κ3) is 2.42. The largest absolute Gasteiger partial charge is 0.262 e. The number of hydrogen-bond acceptors (Lipinski definition) is 2. The first-order chi connectivity index (χ1) is 9.63. The molecular weight excluding hydrogens is 244 g/mol. The second-order valence-corrected chi connectivity index (χ2v) is 5.33. The molecule has 1 aliphatic carbocycles. The van der Waals surface area contributed by atoms with E-state index in [2.05, 4.69) is 53.3 Å². The standard InChI is InChI=1S/C18H18N2/c1-12-10-14(3)20-18-7-5-15(4-6-17(12)18)16-8-9-19-13(2)11-16/h4,6-11H,5H2,1-3H3. The number of nitrogens with zero attached hydrogens (tertiary/aromatic N) is 2. The zero-order valence-corrected chi connectivity index (χ0v) is 12.1. The summed E-state index contributed by atoms with van der Waals surface area (Å²) in [6.45, 7) is 6.22. The molecule has 0 saturated heterocycles. The monoisotopic (exact) mass is 262 g/mol. The lowest BCUT2D eigenvalue weighted by Crippen LogP contribution is -2.30. The van der Waals surface area contributed by atoms with E-state index in [0.717, 1.165) is 23.2 Å². The lowest BCUT2D eigenvalue weighted by molar-refractivity contribution is 1.10. The molecule has 2 nitrogen and oxygen atoms in total. The summed E-state index contributed by atoms with van der Waals surface area (Å²) >= 11 is 0. The van der Waals surface area contributed by atoms with Gasteiger partial charge in [-0.2, -0.15) is 0 Å². The second-order valence-electron chi connectivity index (χ2n) is 5.33. The van der Waals surface area contributed by atoms with E-state index in [4.69, 9.17) is 0 Å². The average Bonchev–Trinajstić information content (AvgIpc) is 2.61. The highest BCUT2D eigenvalue weighted by atomic mass is 14.7. The van der Waals surface area contributed by atoms with Crippen LogP contribution >= 0.6 is 0 Å². The van der Waals surface area contributed by atoms with Crippen molar-refractivity contribution in [3.63, 3.8) is 0 Å². The zero-order valence-electron chi connectivity index (χ0n) is 12.1. The molecule has 3 rings (SSSR count). The van der Waals surface area contributed by atoms with Gasteiger partial charge >= 0.3 is 0 Å².